The molecule has 0 aliphatic rings. The van der Waals surface area contributed by atoms with Crippen molar-refractivity contribution in [2.75, 3.05) is 0 Å². The third-order valence-electron chi connectivity index (χ3n) is 4.04. The van der Waals surface area contributed by atoms with Crippen LogP contribution in [0, 0.1) is 6.92 Å². The number of hydrogen-bond donors (Lipinski definition) is 0. The average Bonchev–Trinajstić information content (AvgIpc) is 2.48. The zero-order chi connectivity index (χ0) is 15.3. The second-order valence-corrected chi connectivity index (χ2v) is 6.06. The maximum atomic E-state index is 11.9. The van der Waals surface area contributed by atoms with Crippen molar-refractivity contribution < 1.29 is 4.79 Å². The summed E-state index contributed by atoms with van der Waals surface area (Å²) in [7, 11) is 0. The lowest BCUT2D eigenvalue weighted by molar-refractivity contribution is -0.118. The van der Waals surface area contributed by atoms with Gasteiger partial charge in [0, 0.05) is 19.0 Å². The highest BCUT2D eigenvalue weighted by Crippen LogP contribution is 2.12. The Morgan fingerprint density at radius 1 is 1.00 bits per heavy atom. The van der Waals surface area contributed by atoms with E-state index in [0.29, 0.717) is 18.6 Å². The standard InChI is InChI=1S/C19H31NO/c1-3-4-5-6-7-8-9-10-11-14-18(21)16-19-17(2)13-12-15-20-19/h12-13,15H,3-11,14,16H2,1-2H3. The Hall–Kier alpha value is -1.18. The molecule has 1 aromatic rings. The number of pyridine rings is 1. The molecule has 1 aromatic heterocycles. The van der Waals surface area contributed by atoms with Gasteiger partial charge in [0.25, 0.3) is 0 Å². The van der Waals surface area contributed by atoms with Gasteiger partial charge < -0.3 is 0 Å². The molecule has 2 heteroatoms. The molecule has 0 N–H and O–H groups in total. The summed E-state index contributed by atoms with van der Waals surface area (Å²) in [5, 5.41) is 0. The zero-order valence-corrected chi connectivity index (χ0v) is 13.9. The minimum atomic E-state index is 0.333. The van der Waals surface area contributed by atoms with E-state index in [4.69, 9.17) is 0 Å². The van der Waals surface area contributed by atoms with Crippen LogP contribution in [0.15, 0.2) is 18.3 Å². The van der Waals surface area contributed by atoms with Crippen molar-refractivity contribution in [2.45, 2.75) is 84.5 Å². The summed E-state index contributed by atoms with van der Waals surface area (Å²) < 4.78 is 0. The molecule has 118 valence electrons. The van der Waals surface area contributed by atoms with E-state index in [1.807, 2.05) is 19.1 Å². The first-order valence-electron chi connectivity index (χ1n) is 8.66. The van der Waals surface area contributed by atoms with Gasteiger partial charge >= 0.3 is 0 Å². The molecular formula is C19H31NO. The van der Waals surface area contributed by atoms with Crippen molar-refractivity contribution in [3.8, 4) is 0 Å². The van der Waals surface area contributed by atoms with Gasteiger partial charge in [-0.3, -0.25) is 9.78 Å². The molecule has 0 radical (unpaired) electrons. The van der Waals surface area contributed by atoms with Crippen LogP contribution >= 0.6 is 0 Å². The molecule has 1 heterocycles. The molecule has 0 aliphatic carbocycles. The fourth-order valence-electron chi connectivity index (χ4n) is 2.61. The molecule has 21 heavy (non-hydrogen) atoms. The van der Waals surface area contributed by atoms with Gasteiger partial charge in [-0.05, 0) is 25.0 Å². The van der Waals surface area contributed by atoms with Gasteiger partial charge in [0.1, 0.15) is 5.78 Å². The predicted molar refractivity (Wildman–Crippen MR) is 89.5 cm³/mol. The van der Waals surface area contributed by atoms with Crippen LogP contribution in [0.4, 0.5) is 0 Å². The SMILES string of the molecule is CCCCCCCCCCCC(=O)Cc1ncccc1C. The second kappa shape index (κ2) is 11.5. The minimum Gasteiger partial charge on any atom is -0.299 e. The number of nitrogens with zero attached hydrogens (tertiary/aromatic N) is 1. The Bertz CT molecular complexity index is 400. The van der Waals surface area contributed by atoms with E-state index in [1.165, 1.54) is 51.4 Å². The topological polar surface area (TPSA) is 30.0 Å². The Morgan fingerprint density at radius 3 is 2.24 bits per heavy atom. The number of aromatic nitrogens is 1. The van der Waals surface area contributed by atoms with E-state index in [-0.39, 0.29) is 0 Å². The highest BCUT2D eigenvalue weighted by atomic mass is 16.1. The molecule has 2 nitrogen and oxygen atoms in total. The highest BCUT2D eigenvalue weighted by molar-refractivity contribution is 5.80. The van der Waals surface area contributed by atoms with Crippen LogP contribution in [0.1, 0.15) is 82.4 Å². The van der Waals surface area contributed by atoms with Crippen LogP contribution < -0.4 is 0 Å². The molecule has 0 aromatic carbocycles. The van der Waals surface area contributed by atoms with Gasteiger partial charge in [-0.2, -0.15) is 0 Å². The Balaban J connectivity index is 2.00. The lowest BCUT2D eigenvalue weighted by Crippen LogP contribution is -2.05. The summed E-state index contributed by atoms with van der Waals surface area (Å²) in [5.41, 5.74) is 2.07. The first-order valence-corrected chi connectivity index (χ1v) is 8.66. The maximum absolute atomic E-state index is 11.9. The number of carbonyl (C=O) groups is 1. The van der Waals surface area contributed by atoms with Crippen molar-refractivity contribution in [3.63, 3.8) is 0 Å². The third-order valence-corrected chi connectivity index (χ3v) is 4.04. The van der Waals surface area contributed by atoms with Crippen molar-refractivity contribution in [2.24, 2.45) is 0 Å². The largest absolute Gasteiger partial charge is 0.299 e. The molecule has 0 atom stereocenters. The average molecular weight is 289 g/mol. The minimum absolute atomic E-state index is 0.333. The summed E-state index contributed by atoms with van der Waals surface area (Å²) in [6.07, 6.45) is 14.7. The predicted octanol–water partition coefficient (Wildman–Crippen LogP) is 5.42. The molecule has 0 bridgehead atoms. The van der Waals surface area contributed by atoms with Crippen LogP contribution in [0.3, 0.4) is 0 Å². The summed E-state index contributed by atoms with van der Waals surface area (Å²) in [5.74, 6) is 0.333. The van der Waals surface area contributed by atoms with Crippen LogP contribution in [0.2, 0.25) is 0 Å². The summed E-state index contributed by atoms with van der Waals surface area (Å²) in [6.45, 7) is 4.28. The smallest absolute Gasteiger partial charge is 0.138 e. The summed E-state index contributed by atoms with van der Waals surface area (Å²) in [4.78, 5) is 16.2. The van der Waals surface area contributed by atoms with Crippen LogP contribution in [-0.2, 0) is 11.2 Å². The van der Waals surface area contributed by atoms with Gasteiger partial charge in [-0.1, -0.05) is 64.4 Å². The van der Waals surface area contributed by atoms with Crippen molar-refractivity contribution >= 4 is 5.78 Å². The quantitative estimate of drug-likeness (QED) is 0.481. The molecule has 1 rings (SSSR count). The van der Waals surface area contributed by atoms with Gasteiger partial charge in [-0.25, -0.2) is 0 Å². The molecular weight excluding hydrogens is 258 g/mol. The van der Waals surface area contributed by atoms with E-state index < -0.39 is 0 Å². The number of rotatable bonds is 12. The Labute approximate surface area is 130 Å². The lowest BCUT2D eigenvalue weighted by atomic mass is 10.0. The van der Waals surface area contributed by atoms with Crippen LogP contribution in [-0.4, -0.2) is 10.8 Å². The molecule has 0 aliphatic heterocycles. The molecule has 0 unspecified atom stereocenters. The van der Waals surface area contributed by atoms with E-state index in [2.05, 4.69) is 11.9 Å². The first kappa shape index (κ1) is 17.9. The van der Waals surface area contributed by atoms with Crippen molar-refractivity contribution in [1.82, 2.24) is 4.98 Å². The number of aryl methyl sites for hydroxylation is 1. The highest BCUT2D eigenvalue weighted by Gasteiger charge is 2.06. The van der Waals surface area contributed by atoms with E-state index >= 15 is 0 Å². The third kappa shape index (κ3) is 8.64. The number of carbonyl (C=O) groups excluding carboxylic acids is 1. The molecule has 0 spiro atoms. The van der Waals surface area contributed by atoms with Gasteiger partial charge in [0.05, 0.1) is 5.69 Å². The maximum Gasteiger partial charge on any atom is 0.138 e. The number of ketones is 1. The Morgan fingerprint density at radius 2 is 1.62 bits per heavy atom. The lowest BCUT2D eigenvalue weighted by Gasteiger charge is -2.04. The van der Waals surface area contributed by atoms with Gasteiger partial charge in [-0.15, -0.1) is 0 Å². The second-order valence-electron chi connectivity index (χ2n) is 6.06. The molecule has 0 amide bonds. The van der Waals surface area contributed by atoms with Gasteiger partial charge in [0.15, 0.2) is 0 Å². The van der Waals surface area contributed by atoms with E-state index in [9.17, 15) is 4.79 Å². The first-order chi connectivity index (χ1) is 10.2. The van der Waals surface area contributed by atoms with Crippen LogP contribution in [0.5, 0.6) is 0 Å². The Kier molecular flexibility index (Phi) is 9.77. The fourth-order valence-corrected chi connectivity index (χ4v) is 2.61. The normalized spacial score (nSPS) is 10.8. The van der Waals surface area contributed by atoms with E-state index in [0.717, 1.165) is 17.7 Å². The summed E-state index contributed by atoms with van der Waals surface area (Å²) >= 11 is 0. The number of Topliss-reactive ketones (excluding diaryl/α,β-unsaturated/α-hetero) is 1. The summed E-state index contributed by atoms with van der Waals surface area (Å²) in [6, 6.07) is 3.94. The van der Waals surface area contributed by atoms with Gasteiger partial charge in [0.2, 0.25) is 0 Å². The fraction of sp³-hybridized carbons (Fsp3) is 0.684. The molecule has 0 saturated heterocycles. The monoisotopic (exact) mass is 289 g/mol. The van der Waals surface area contributed by atoms with E-state index in [1.54, 1.807) is 6.20 Å². The molecule has 0 fully saturated rings. The van der Waals surface area contributed by atoms with Crippen molar-refractivity contribution in [1.29, 1.82) is 0 Å². The number of hydrogen-bond acceptors (Lipinski definition) is 2. The zero-order valence-electron chi connectivity index (χ0n) is 13.9. The number of unbranched alkanes of at least 4 members (excludes halogenated alkanes) is 8. The van der Waals surface area contributed by atoms with Crippen molar-refractivity contribution in [3.05, 3.63) is 29.6 Å². The molecule has 0 saturated carbocycles. The van der Waals surface area contributed by atoms with Crippen LogP contribution in [0.25, 0.3) is 0 Å².